The predicted octanol–water partition coefficient (Wildman–Crippen LogP) is 3.09. The second-order valence-electron chi connectivity index (χ2n) is 5.25. The van der Waals surface area contributed by atoms with Gasteiger partial charge in [0.1, 0.15) is 0 Å². The minimum atomic E-state index is 1.14. The first-order valence-corrected chi connectivity index (χ1v) is 7.32. The first-order chi connectivity index (χ1) is 8.76. The van der Waals surface area contributed by atoms with Gasteiger partial charge < -0.3 is 4.90 Å². The molecule has 2 rings (SSSR count). The number of aryl methyl sites for hydroxylation is 1. The van der Waals surface area contributed by atoms with Gasteiger partial charge in [0.25, 0.3) is 0 Å². The molecular formula is C16H26N2. The zero-order chi connectivity index (χ0) is 13.0. The van der Waals surface area contributed by atoms with Gasteiger partial charge in [0.2, 0.25) is 0 Å². The standard InChI is InChI=1S/C16H26N2/c1-4-9-17-10-12-18(13-11-17)16-8-6-7-14(3)15(16)5-2/h6-8H,4-5,9-13H2,1-3H3. The molecule has 1 aromatic rings. The van der Waals surface area contributed by atoms with Gasteiger partial charge in [-0.1, -0.05) is 26.0 Å². The van der Waals surface area contributed by atoms with Gasteiger partial charge in [0.05, 0.1) is 0 Å². The van der Waals surface area contributed by atoms with E-state index in [0.29, 0.717) is 0 Å². The SMILES string of the molecule is CCCN1CCN(c2cccc(C)c2CC)CC1. The molecule has 0 N–H and O–H groups in total. The topological polar surface area (TPSA) is 6.48 Å². The number of rotatable bonds is 4. The first-order valence-electron chi connectivity index (χ1n) is 7.32. The summed E-state index contributed by atoms with van der Waals surface area (Å²) in [7, 11) is 0. The number of piperazine rings is 1. The third-order valence-electron chi connectivity index (χ3n) is 3.99. The van der Waals surface area contributed by atoms with Gasteiger partial charge in [-0.25, -0.2) is 0 Å². The van der Waals surface area contributed by atoms with Crippen molar-refractivity contribution in [1.82, 2.24) is 4.90 Å². The summed E-state index contributed by atoms with van der Waals surface area (Å²) >= 11 is 0. The van der Waals surface area contributed by atoms with Crippen LogP contribution in [0, 0.1) is 6.92 Å². The normalized spacial score (nSPS) is 17.2. The highest BCUT2D eigenvalue weighted by atomic mass is 15.3. The Hall–Kier alpha value is -1.02. The van der Waals surface area contributed by atoms with E-state index in [0.717, 1.165) is 6.42 Å². The van der Waals surface area contributed by atoms with Crippen LogP contribution in [-0.2, 0) is 6.42 Å². The molecule has 2 nitrogen and oxygen atoms in total. The van der Waals surface area contributed by atoms with Crippen molar-refractivity contribution >= 4 is 5.69 Å². The average molecular weight is 246 g/mol. The van der Waals surface area contributed by atoms with E-state index >= 15 is 0 Å². The van der Waals surface area contributed by atoms with Crippen molar-refractivity contribution < 1.29 is 0 Å². The van der Waals surface area contributed by atoms with Gasteiger partial charge in [0.15, 0.2) is 0 Å². The van der Waals surface area contributed by atoms with Crippen LogP contribution < -0.4 is 4.90 Å². The second kappa shape index (κ2) is 6.24. The molecule has 0 atom stereocenters. The van der Waals surface area contributed by atoms with Crippen molar-refractivity contribution in [2.45, 2.75) is 33.6 Å². The lowest BCUT2D eigenvalue weighted by Gasteiger charge is -2.37. The number of hydrogen-bond donors (Lipinski definition) is 0. The van der Waals surface area contributed by atoms with E-state index in [-0.39, 0.29) is 0 Å². The van der Waals surface area contributed by atoms with E-state index in [9.17, 15) is 0 Å². The molecule has 1 aliphatic rings. The first kappa shape index (κ1) is 13.4. The number of benzene rings is 1. The summed E-state index contributed by atoms with van der Waals surface area (Å²) in [5, 5.41) is 0. The van der Waals surface area contributed by atoms with Crippen molar-refractivity contribution in [3.05, 3.63) is 29.3 Å². The zero-order valence-electron chi connectivity index (χ0n) is 12.1. The van der Waals surface area contributed by atoms with Crippen molar-refractivity contribution in [2.75, 3.05) is 37.6 Å². The fraction of sp³-hybridized carbons (Fsp3) is 0.625. The van der Waals surface area contributed by atoms with Gasteiger partial charge >= 0.3 is 0 Å². The molecule has 0 bridgehead atoms. The zero-order valence-corrected chi connectivity index (χ0v) is 12.1. The molecule has 0 spiro atoms. The Kier molecular flexibility index (Phi) is 4.65. The number of hydrogen-bond acceptors (Lipinski definition) is 2. The summed E-state index contributed by atoms with van der Waals surface area (Å²) in [6.45, 7) is 12.8. The van der Waals surface area contributed by atoms with Crippen LogP contribution in [0.2, 0.25) is 0 Å². The van der Waals surface area contributed by atoms with Gasteiger partial charge in [-0.2, -0.15) is 0 Å². The van der Waals surface area contributed by atoms with Crippen LogP contribution in [0.15, 0.2) is 18.2 Å². The van der Waals surface area contributed by atoms with Gasteiger partial charge in [-0.05, 0) is 43.5 Å². The second-order valence-corrected chi connectivity index (χ2v) is 5.25. The molecule has 1 aromatic carbocycles. The van der Waals surface area contributed by atoms with Crippen molar-refractivity contribution in [2.24, 2.45) is 0 Å². The molecule has 0 radical (unpaired) electrons. The monoisotopic (exact) mass is 246 g/mol. The van der Waals surface area contributed by atoms with E-state index in [1.807, 2.05) is 0 Å². The minimum absolute atomic E-state index is 1.14. The van der Waals surface area contributed by atoms with E-state index in [4.69, 9.17) is 0 Å². The Bertz CT molecular complexity index is 379. The molecule has 0 aliphatic carbocycles. The molecule has 100 valence electrons. The van der Waals surface area contributed by atoms with Crippen molar-refractivity contribution in [3.8, 4) is 0 Å². The van der Waals surface area contributed by atoms with Crippen molar-refractivity contribution in [1.29, 1.82) is 0 Å². The molecule has 18 heavy (non-hydrogen) atoms. The molecule has 2 heteroatoms. The van der Waals surface area contributed by atoms with Crippen molar-refractivity contribution in [3.63, 3.8) is 0 Å². The lowest BCUT2D eigenvalue weighted by molar-refractivity contribution is 0.258. The average Bonchev–Trinajstić information content (AvgIpc) is 2.40. The van der Waals surface area contributed by atoms with E-state index in [1.54, 1.807) is 0 Å². The maximum atomic E-state index is 2.58. The van der Waals surface area contributed by atoms with Gasteiger partial charge in [-0.15, -0.1) is 0 Å². The summed E-state index contributed by atoms with van der Waals surface area (Å²) in [5.74, 6) is 0. The van der Waals surface area contributed by atoms with Gasteiger partial charge in [0, 0.05) is 31.9 Å². The molecular weight excluding hydrogens is 220 g/mol. The molecule has 0 saturated carbocycles. The van der Waals surface area contributed by atoms with Crippen LogP contribution in [0.4, 0.5) is 5.69 Å². The highest BCUT2D eigenvalue weighted by Crippen LogP contribution is 2.25. The van der Waals surface area contributed by atoms with Gasteiger partial charge in [-0.3, -0.25) is 4.90 Å². The molecule has 0 aromatic heterocycles. The summed E-state index contributed by atoms with van der Waals surface area (Å²) in [5.41, 5.74) is 4.43. The van der Waals surface area contributed by atoms with E-state index in [2.05, 4.69) is 48.8 Å². The third-order valence-corrected chi connectivity index (χ3v) is 3.99. The van der Waals surface area contributed by atoms with Crippen LogP contribution in [0.3, 0.4) is 0 Å². The molecule has 1 aliphatic heterocycles. The molecule has 1 heterocycles. The molecule has 0 unspecified atom stereocenters. The summed E-state index contributed by atoms with van der Waals surface area (Å²) in [4.78, 5) is 5.15. The molecule has 1 fully saturated rings. The largest absolute Gasteiger partial charge is 0.369 e. The lowest BCUT2D eigenvalue weighted by Crippen LogP contribution is -2.46. The van der Waals surface area contributed by atoms with E-state index < -0.39 is 0 Å². The fourth-order valence-corrected chi connectivity index (χ4v) is 2.97. The quantitative estimate of drug-likeness (QED) is 0.805. The van der Waals surface area contributed by atoms with Crippen LogP contribution in [0.5, 0.6) is 0 Å². The maximum Gasteiger partial charge on any atom is 0.0402 e. The van der Waals surface area contributed by atoms with Crippen LogP contribution in [0.25, 0.3) is 0 Å². The Labute approximate surface area is 112 Å². The minimum Gasteiger partial charge on any atom is -0.369 e. The fourth-order valence-electron chi connectivity index (χ4n) is 2.97. The summed E-state index contributed by atoms with van der Waals surface area (Å²) in [6, 6.07) is 6.72. The maximum absolute atomic E-state index is 2.58. The Morgan fingerprint density at radius 1 is 1.06 bits per heavy atom. The van der Waals surface area contributed by atoms with E-state index in [1.165, 1.54) is 56.0 Å². The Balaban J connectivity index is 2.07. The summed E-state index contributed by atoms with van der Waals surface area (Å²) < 4.78 is 0. The van der Waals surface area contributed by atoms with Crippen LogP contribution in [-0.4, -0.2) is 37.6 Å². The Morgan fingerprint density at radius 2 is 1.78 bits per heavy atom. The highest BCUT2D eigenvalue weighted by Gasteiger charge is 2.18. The lowest BCUT2D eigenvalue weighted by atomic mass is 10.0. The number of anilines is 1. The molecule has 0 amide bonds. The Morgan fingerprint density at radius 3 is 2.39 bits per heavy atom. The number of nitrogens with zero attached hydrogens (tertiary/aromatic N) is 2. The predicted molar refractivity (Wildman–Crippen MR) is 79.5 cm³/mol. The smallest absolute Gasteiger partial charge is 0.0402 e. The highest BCUT2D eigenvalue weighted by molar-refractivity contribution is 5.57. The van der Waals surface area contributed by atoms with Crippen LogP contribution in [0.1, 0.15) is 31.4 Å². The van der Waals surface area contributed by atoms with Crippen LogP contribution >= 0.6 is 0 Å². The third kappa shape index (κ3) is 2.86. The molecule has 1 saturated heterocycles. The summed E-state index contributed by atoms with van der Waals surface area (Å²) in [6.07, 6.45) is 2.40.